The maximum Gasteiger partial charge on any atom is 0.274 e. The van der Waals surface area contributed by atoms with Gasteiger partial charge in [0.2, 0.25) is 0 Å². The molecule has 0 aliphatic heterocycles. The van der Waals surface area contributed by atoms with E-state index in [1.165, 1.54) is 31.2 Å². The summed E-state index contributed by atoms with van der Waals surface area (Å²) in [5.41, 5.74) is 2.33. The molecular weight excluding hydrogens is 352 g/mol. The van der Waals surface area contributed by atoms with Gasteiger partial charge in [0.15, 0.2) is 5.69 Å². The lowest BCUT2D eigenvalue weighted by Gasteiger charge is -2.28. The highest BCUT2D eigenvalue weighted by atomic mass is 16.5. The predicted molar refractivity (Wildman–Crippen MR) is 107 cm³/mol. The Morgan fingerprint density at radius 2 is 2.07 bits per heavy atom. The van der Waals surface area contributed by atoms with Crippen LogP contribution < -0.4 is 10.1 Å². The second kappa shape index (κ2) is 7.98. The topological polar surface area (TPSA) is 64.4 Å². The fourth-order valence-corrected chi connectivity index (χ4v) is 5.00. The minimum atomic E-state index is -0.160. The third kappa shape index (κ3) is 3.80. The lowest BCUT2D eigenvalue weighted by Crippen LogP contribution is -2.40. The largest absolute Gasteiger partial charge is 0.489 e. The van der Waals surface area contributed by atoms with Gasteiger partial charge >= 0.3 is 0 Å². The number of aryl methyl sites for hydroxylation is 2. The lowest BCUT2D eigenvalue weighted by molar-refractivity contribution is 0.0904. The third-order valence-electron chi connectivity index (χ3n) is 6.71. The van der Waals surface area contributed by atoms with Crippen molar-refractivity contribution in [1.29, 1.82) is 0 Å². The van der Waals surface area contributed by atoms with Crippen molar-refractivity contribution in [3.05, 3.63) is 46.8 Å². The molecule has 1 heterocycles. The number of nitrogens with one attached hydrogen (secondary N) is 1. The van der Waals surface area contributed by atoms with Crippen LogP contribution in [0.3, 0.4) is 0 Å². The molecule has 150 valence electrons. The van der Waals surface area contributed by atoms with E-state index < -0.39 is 0 Å². The van der Waals surface area contributed by atoms with Gasteiger partial charge in [-0.1, -0.05) is 30.6 Å². The zero-order valence-corrected chi connectivity index (χ0v) is 17.0. The summed E-state index contributed by atoms with van der Waals surface area (Å²) in [4.78, 5) is 12.9. The van der Waals surface area contributed by atoms with E-state index in [1.54, 1.807) is 0 Å². The van der Waals surface area contributed by atoms with Crippen LogP contribution in [-0.2, 0) is 13.0 Å². The highest BCUT2D eigenvalue weighted by molar-refractivity contribution is 5.94. The monoisotopic (exact) mass is 382 g/mol. The lowest BCUT2D eigenvalue weighted by atomic mass is 9.84. The minimum absolute atomic E-state index is 0.160. The number of carbonyl (C=O) groups excluding carboxylic acids is 1. The van der Waals surface area contributed by atoms with Crippen LogP contribution in [0.4, 0.5) is 0 Å². The Morgan fingerprint density at radius 3 is 2.71 bits per heavy atom. The second-order valence-electron chi connectivity index (χ2n) is 8.45. The van der Waals surface area contributed by atoms with Crippen molar-refractivity contribution in [3.63, 3.8) is 0 Å². The van der Waals surface area contributed by atoms with Crippen LogP contribution in [-0.4, -0.2) is 17.1 Å². The molecule has 2 aliphatic rings. The van der Waals surface area contributed by atoms with Crippen molar-refractivity contribution in [1.82, 2.24) is 10.5 Å². The van der Waals surface area contributed by atoms with Gasteiger partial charge in [-0.15, -0.1) is 0 Å². The van der Waals surface area contributed by atoms with Crippen molar-refractivity contribution >= 4 is 5.91 Å². The molecule has 2 aliphatic carbocycles. The molecule has 1 amide bonds. The van der Waals surface area contributed by atoms with Gasteiger partial charge in [0.25, 0.3) is 5.91 Å². The first kappa shape index (κ1) is 19.0. The SMILES string of the molecule is CCc1ccc(OCc2c(C(=O)NC(C)C3CC4CCC3C4)noc2C)cc1. The Balaban J connectivity index is 1.39. The fourth-order valence-electron chi connectivity index (χ4n) is 5.00. The first-order valence-electron chi connectivity index (χ1n) is 10.5. The van der Waals surface area contributed by atoms with Crippen molar-refractivity contribution in [2.75, 3.05) is 0 Å². The van der Waals surface area contributed by atoms with Crippen molar-refractivity contribution in [3.8, 4) is 5.75 Å². The number of fused-ring (bicyclic) bond motifs is 2. The first-order valence-corrected chi connectivity index (χ1v) is 10.5. The molecular formula is C23H30N2O3. The van der Waals surface area contributed by atoms with Crippen LogP contribution in [0.25, 0.3) is 0 Å². The van der Waals surface area contributed by atoms with Crippen LogP contribution in [0.15, 0.2) is 28.8 Å². The molecule has 0 spiro atoms. The molecule has 5 heteroatoms. The fraction of sp³-hybridized carbons (Fsp3) is 0.565. The van der Waals surface area contributed by atoms with Crippen LogP contribution in [0.2, 0.25) is 0 Å². The van der Waals surface area contributed by atoms with E-state index in [1.807, 2.05) is 19.1 Å². The van der Waals surface area contributed by atoms with Crippen molar-refractivity contribution in [2.24, 2.45) is 17.8 Å². The van der Waals surface area contributed by atoms with E-state index in [0.717, 1.165) is 29.6 Å². The normalized spacial score (nSPS) is 24.3. The highest BCUT2D eigenvalue weighted by Crippen LogP contribution is 2.49. The highest BCUT2D eigenvalue weighted by Gasteiger charge is 2.42. The molecule has 2 aromatic rings. The molecule has 2 bridgehead atoms. The molecule has 0 saturated heterocycles. The predicted octanol–water partition coefficient (Wildman–Crippen LogP) is 4.68. The molecule has 2 saturated carbocycles. The molecule has 4 unspecified atom stereocenters. The summed E-state index contributed by atoms with van der Waals surface area (Å²) in [6.07, 6.45) is 6.26. The van der Waals surface area contributed by atoms with Gasteiger partial charge in [0.05, 0.1) is 5.56 Å². The summed E-state index contributed by atoms with van der Waals surface area (Å²) in [6, 6.07) is 8.19. The number of aromatic nitrogens is 1. The number of carbonyl (C=O) groups is 1. The molecule has 1 aromatic heterocycles. The zero-order chi connectivity index (χ0) is 19.7. The summed E-state index contributed by atoms with van der Waals surface area (Å²) < 4.78 is 11.2. The van der Waals surface area contributed by atoms with Crippen LogP contribution >= 0.6 is 0 Å². The van der Waals surface area contributed by atoms with Gasteiger partial charge in [-0.3, -0.25) is 4.79 Å². The van der Waals surface area contributed by atoms with E-state index in [0.29, 0.717) is 17.4 Å². The van der Waals surface area contributed by atoms with E-state index in [2.05, 4.69) is 36.5 Å². The third-order valence-corrected chi connectivity index (χ3v) is 6.71. The van der Waals surface area contributed by atoms with Gasteiger partial charge in [0.1, 0.15) is 18.1 Å². The van der Waals surface area contributed by atoms with Gasteiger partial charge in [0, 0.05) is 6.04 Å². The molecule has 1 aromatic carbocycles. The van der Waals surface area contributed by atoms with E-state index in [-0.39, 0.29) is 18.6 Å². The molecule has 1 N–H and O–H groups in total. The van der Waals surface area contributed by atoms with E-state index in [9.17, 15) is 4.79 Å². The Morgan fingerprint density at radius 1 is 1.29 bits per heavy atom. The summed E-state index contributed by atoms with van der Waals surface area (Å²) in [5.74, 6) is 3.47. The Kier molecular flexibility index (Phi) is 5.42. The minimum Gasteiger partial charge on any atom is -0.489 e. The Labute approximate surface area is 166 Å². The molecule has 4 atom stereocenters. The number of hydrogen-bond donors (Lipinski definition) is 1. The van der Waals surface area contributed by atoms with Gasteiger partial charge in [-0.2, -0.15) is 0 Å². The van der Waals surface area contributed by atoms with Crippen LogP contribution in [0, 0.1) is 24.7 Å². The van der Waals surface area contributed by atoms with Crippen molar-refractivity contribution in [2.45, 2.75) is 65.5 Å². The van der Waals surface area contributed by atoms with E-state index in [4.69, 9.17) is 9.26 Å². The van der Waals surface area contributed by atoms with Gasteiger partial charge < -0.3 is 14.6 Å². The molecule has 28 heavy (non-hydrogen) atoms. The number of rotatable bonds is 7. The average Bonchev–Trinajstić information content (AvgIpc) is 3.42. The molecule has 5 nitrogen and oxygen atoms in total. The number of ether oxygens (including phenoxy) is 1. The standard InChI is InChI=1S/C23H30N2O3/c1-4-16-6-9-19(10-7-16)27-13-21-15(3)28-25-22(21)23(26)24-14(2)20-12-17-5-8-18(20)11-17/h6-7,9-10,14,17-18,20H,4-5,8,11-13H2,1-3H3,(H,24,26). The van der Waals surface area contributed by atoms with Crippen molar-refractivity contribution < 1.29 is 14.1 Å². The summed E-state index contributed by atoms with van der Waals surface area (Å²) in [5, 5.41) is 7.19. The number of nitrogens with zero attached hydrogens (tertiary/aromatic N) is 1. The smallest absolute Gasteiger partial charge is 0.274 e. The summed E-state index contributed by atoms with van der Waals surface area (Å²) in [7, 11) is 0. The maximum absolute atomic E-state index is 12.9. The quantitative estimate of drug-likeness (QED) is 0.755. The maximum atomic E-state index is 12.9. The summed E-state index contributed by atoms with van der Waals surface area (Å²) >= 11 is 0. The summed E-state index contributed by atoms with van der Waals surface area (Å²) in [6.45, 7) is 6.34. The van der Waals surface area contributed by atoms with Crippen LogP contribution in [0.5, 0.6) is 5.75 Å². The van der Waals surface area contributed by atoms with Gasteiger partial charge in [-0.25, -0.2) is 0 Å². The number of benzene rings is 1. The zero-order valence-electron chi connectivity index (χ0n) is 17.0. The number of hydrogen-bond acceptors (Lipinski definition) is 4. The average molecular weight is 383 g/mol. The Bertz CT molecular complexity index is 827. The molecule has 0 radical (unpaired) electrons. The van der Waals surface area contributed by atoms with Crippen LogP contribution in [0.1, 0.15) is 66.9 Å². The second-order valence-corrected chi connectivity index (χ2v) is 8.45. The van der Waals surface area contributed by atoms with E-state index >= 15 is 0 Å². The number of amides is 1. The van der Waals surface area contributed by atoms with Gasteiger partial charge in [-0.05, 0) is 75.0 Å². The molecule has 4 rings (SSSR count). The first-order chi connectivity index (χ1) is 13.5. The Hall–Kier alpha value is -2.30. The molecule has 2 fully saturated rings.